The number of hydrogen-bond acceptors (Lipinski definition) is 5. The molecule has 0 atom stereocenters. The third-order valence-corrected chi connectivity index (χ3v) is 3.28. The number of nitrogens with zero attached hydrogens (tertiary/aromatic N) is 1. The molecule has 2 aromatic rings. The van der Waals surface area contributed by atoms with Crippen LogP contribution in [0, 0.1) is 11.3 Å². The fourth-order valence-electron chi connectivity index (χ4n) is 1.80. The maximum atomic E-state index is 12.1. The maximum absolute atomic E-state index is 12.1. The number of ether oxygens (including phenoxy) is 1. The number of halogens is 1. The second kappa shape index (κ2) is 7.90. The fourth-order valence-corrected chi connectivity index (χ4v) is 1.97. The molecule has 0 spiro atoms. The van der Waals surface area contributed by atoms with E-state index in [0.717, 1.165) is 0 Å². The number of phenols is 1. The van der Waals surface area contributed by atoms with Gasteiger partial charge in [-0.25, -0.2) is 0 Å². The molecule has 0 fully saturated rings. The molecule has 0 heterocycles. The second-order valence-corrected chi connectivity index (χ2v) is 5.09. The number of benzene rings is 2. The van der Waals surface area contributed by atoms with Crippen LogP contribution in [0.1, 0.15) is 0 Å². The van der Waals surface area contributed by atoms with Crippen molar-refractivity contribution in [2.75, 3.05) is 17.7 Å². The van der Waals surface area contributed by atoms with Gasteiger partial charge in [0, 0.05) is 16.9 Å². The highest BCUT2D eigenvalue weighted by molar-refractivity contribution is 6.30. The van der Waals surface area contributed by atoms with Gasteiger partial charge in [-0.05, 0) is 42.5 Å². The molecule has 0 saturated carbocycles. The predicted molar refractivity (Wildman–Crippen MR) is 92.1 cm³/mol. The molecule has 0 radical (unpaired) electrons. The highest BCUT2D eigenvalue weighted by atomic mass is 35.5. The number of carbonyl (C=O) groups excluding carboxylic acids is 1. The standard InChI is InChI=1S/C17H14ClN3O3/c1-24-14-5-3-13(4-6-14)21-17(23)11(9-19)10-20-15-8-12(18)2-7-16(15)22/h2-8,10,20,22H,1H3,(H,21,23)/b11-10-. The summed E-state index contributed by atoms with van der Waals surface area (Å²) in [6.45, 7) is 0. The zero-order valence-corrected chi connectivity index (χ0v) is 13.5. The number of nitrogens with one attached hydrogen (secondary N) is 2. The van der Waals surface area contributed by atoms with E-state index >= 15 is 0 Å². The number of carbonyl (C=O) groups is 1. The zero-order valence-electron chi connectivity index (χ0n) is 12.7. The lowest BCUT2D eigenvalue weighted by atomic mass is 10.2. The van der Waals surface area contributed by atoms with Crippen LogP contribution in [0.4, 0.5) is 11.4 Å². The summed E-state index contributed by atoms with van der Waals surface area (Å²) in [5.41, 5.74) is 0.644. The molecule has 7 heteroatoms. The lowest BCUT2D eigenvalue weighted by Crippen LogP contribution is -2.14. The van der Waals surface area contributed by atoms with Crippen molar-refractivity contribution in [3.8, 4) is 17.6 Å². The van der Waals surface area contributed by atoms with E-state index in [1.807, 2.05) is 0 Å². The molecule has 0 aliphatic heterocycles. The van der Waals surface area contributed by atoms with Crippen molar-refractivity contribution in [3.05, 3.63) is 59.3 Å². The van der Waals surface area contributed by atoms with Gasteiger partial charge >= 0.3 is 0 Å². The Labute approximate surface area is 143 Å². The van der Waals surface area contributed by atoms with Crippen LogP contribution in [0.2, 0.25) is 5.02 Å². The topological polar surface area (TPSA) is 94.4 Å². The number of nitriles is 1. The number of hydrogen-bond donors (Lipinski definition) is 3. The summed E-state index contributed by atoms with van der Waals surface area (Å²) in [5.74, 6) is 0.0160. The molecular formula is C17H14ClN3O3. The Balaban J connectivity index is 2.10. The van der Waals surface area contributed by atoms with Crippen LogP contribution in [-0.2, 0) is 4.79 Å². The molecule has 6 nitrogen and oxygen atoms in total. The third-order valence-electron chi connectivity index (χ3n) is 3.04. The third kappa shape index (κ3) is 4.41. The SMILES string of the molecule is COc1ccc(NC(=O)/C(C#N)=C\Nc2cc(Cl)ccc2O)cc1. The number of anilines is 2. The maximum Gasteiger partial charge on any atom is 0.267 e. The molecule has 1 amide bonds. The quantitative estimate of drug-likeness (QED) is 0.438. The summed E-state index contributed by atoms with van der Waals surface area (Å²) in [6, 6.07) is 12.9. The van der Waals surface area contributed by atoms with Crippen LogP contribution < -0.4 is 15.4 Å². The van der Waals surface area contributed by atoms with Crippen LogP contribution in [-0.4, -0.2) is 18.1 Å². The van der Waals surface area contributed by atoms with Gasteiger partial charge in [0.2, 0.25) is 0 Å². The molecule has 0 aliphatic rings. The van der Waals surface area contributed by atoms with Gasteiger partial charge in [0.25, 0.3) is 5.91 Å². The van der Waals surface area contributed by atoms with Crippen molar-refractivity contribution in [2.45, 2.75) is 0 Å². The van der Waals surface area contributed by atoms with E-state index in [0.29, 0.717) is 16.5 Å². The average Bonchev–Trinajstić information content (AvgIpc) is 2.59. The van der Waals surface area contributed by atoms with E-state index < -0.39 is 5.91 Å². The fraction of sp³-hybridized carbons (Fsp3) is 0.0588. The molecule has 2 rings (SSSR count). The lowest BCUT2D eigenvalue weighted by molar-refractivity contribution is -0.112. The van der Waals surface area contributed by atoms with E-state index in [9.17, 15) is 9.90 Å². The van der Waals surface area contributed by atoms with Crippen molar-refractivity contribution in [1.82, 2.24) is 0 Å². The van der Waals surface area contributed by atoms with Crippen molar-refractivity contribution in [2.24, 2.45) is 0 Å². The first-order valence-corrected chi connectivity index (χ1v) is 7.22. The van der Waals surface area contributed by atoms with E-state index in [2.05, 4.69) is 10.6 Å². The summed E-state index contributed by atoms with van der Waals surface area (Å²) >= 11 is 5.83. The Morgan fingerprint density at radius 1 is 1.29 bits per heavy atom. The molecule has 0 aliphatic carbocycles. The first-order chi connectivity index (χ1) is 11.5. The van der Waals surface area contributed by atoms with Gasteiger partial charge < -0.3 is 20.5 Å². The molecule has 0 aromatic heterocycles. The Morgan fingerprint density at radius 2 is 2.00 bits per heavy atom. The minimum Gasteiger partial charge on any atom is -0.506 e. The van der Waals surface area contributed by atoms with Gasteiger partial charge in [0.15, 0.2) is 0 Å². The highest BCUT2D eigenvalue weighted by Gasteiger charge is 2.10. The summed E-state index contributed by atoms with van der Waals surface area (Å²) in [5, 5.41) is 24.5. The molecular weight excluding hydrogens is 330 g/mol. The molecule has 0 unspecified atom stereocenters. The van der Waals surface area contributed by atoms with Gasteiger partial charge in [0.05, 0.1) is 12.8 Å². The molecule has 0 saturated heterocycles. The van der Waals surface area contributed by atoms with E-state index in [-0.39, 0.29) is 17.0 Å². The van der Waals surface area contributed by atoms with Crippen molar-refractivity contribution >= 4 is 28.9 Å². The number of methoxy groups -OCH3 is 1. The van der Waals surface area contributed by atoms with Crippen LogP contribution in [0.5, 0.6) is 11.5 Å². The number of phenolic OH excluding ortho intramolecular Hbond substituents is 1. The van der Waals surface area contributed by atoms with Gasteiger partial charge in [-0.3, -0.25) is 4.79 Å². The Bertz CT molecular complexity index is 811. The predicted octanol–water partition coefficient (Wildman–Crippen LogP) is 3.51. The monoisotopic (exact) mass is 343 g/mol. The van der Waals surface area contributed by atoms with Crippen molar-refractivity contribution in [1.29, 1.82) is 5.26 Å². The normalized spacial score (nSPS) is 10.6. The Morgan fingerprint density at radius 3 is 2.62 bits per heavy atom. The summed E-state index contributed by atoms with van der Waals surface area (Å²) < 4.78 is 5.03. The van der Waals surface area contributed by atoms with E-state index in [1.165, 1.54) is 24.4 Å². The van der Waals surface area contributed by atoms with Gasteiger partial charge in [0.1, 0.15) is 23.1 Å². The first kappa shape index (κ1) is 17.2. The molecule has 122 valence electrons. The van der Waals surface area contributed by atoms with E-state index in [4.69, 9.17) is 21.6 Å². The molecule has 24 heavy (non-hydrogen) atoms. The smallest absolute Gasteiger partial charge is 0.267 e. The Kier molecular flexibility index (Phi) is 5.66. The number of aromatic hydroxyl groups is 1. The second-order valence-electron chi connectivity index (χ2n) is 4.66. The van der Waals surface area contributed by atoms with Gasteiger partial charge in [-0.1, -0.05) is 11.6 Å². The minimum atomic E-state index is -0.586. The van der Waals surface area contributed by atoms with Crippen molar-refractivity contribution < 1.29 is 14.6 Å². The van der Waals surface area contributed by atoms with E-state index in [1.54, 1.807) is 37.4 Å². The number of amides is 1. The average molecular weight is 344 g/mol. The van der Waals surface area contributed by atoms with Crippen molar-refractivity contribution in [3.63, 3.8) is 0 Å². The highest BCUT2D eigenvalue weighted by Crippen LogP contribution is 2.26. The van der Waals surface area contributed by atoms with Crippen LogP contribution in [0.15, 0.2) is 54.2 Å². The molecule has 3 N–H and O–H groups in total. The van der Waals surface area contributed by atoms with Gasteiger partial charge in [-0.2, -0.15) is 5.26 Å². The summed E-state index contributed by atoms with van der Waals surface area (Å²) in [4.78, 5) is 12.1. The zero-order chi connectivity index (χ0) is 17.5. The lowest BCUT2D eigenvalue weighted by Gasteiger charge is -2.07. The number of rotatable bonds is 5. The van der Waals surface area contributed by atoms with Crippen LogP contribution >= 0.6 is 11.6 Å². The Hall–Kier alpha value is -3.17. The summed E-state index contributed by atoms with van der Waals surface area (Å²) in [7, 11) is 1.54. The first-order valence-electron chi connectivity index (χ1n) is 6.84. The summed E-state index contributed by atoms with van der Waals surface area (Å²) in [6.07, 6.45) is 1.20. The van der Waals surface area contributed by atoms with Gasteiger partial charge in [-0.15, -0.1) is 0 Å². The molecule has 0 bridgehead atoms. The minimum absolute atomic E-state index is 0.0523. The largest absolute Gasteiger partial charge is 0.506 e. The van der Waals surface area contributed by atoms with Crippen LogP contribution in [0.3, 0.4) is 0 Å². The molecule has 2 aromatic carbocycles. The van der Waals surface area contributed by atoms with Crippen LogP contribution in [0.25, 0.3) is 0 Å².